The molecule has 1 fully saturated rings. The van der Waals surface area contributed by atoms with Gasteiger partial charge in [0.2, 0.25) is 0 Å². The molecule has 104 valence electrons. The zero-order valence-corrected chi connectivity index (χ0v) is 11.2. The molecule has 0 radical (unpaired) electrons. The molecule has 0 aliphatic carbocycles. The minimum Gasteiger partial charge on any atom is -0.487 e. The highest BCUT2D eigenvalue weighted by Gasteiger charge is 2.43. The predicted molar refractivity (Wildman–Crippen MR) is 70.6 cm³/mol. The summed E-state index contributed by atoms with van der Waals surface area (Å²) >= 11 is 0. The van der Waals surface area contributed by atoms with Crippen molar-refractivity contribution < 1.29 is 13.9 Å². The summed E-state index contributed by atoms with van der Waals surface area (Å²) in [6.07, 6.45) is 3.69. The number of nitrogens with two attached hydrogens (primary N) is 1. The Morgan fingerprint density at radius 2 is 2.26 bits per heavy atom. The highest BCUT2D eigenvalue weighted by atomic mass is 19.1. The van der Waals surface area contributed by atoms with E-state index in [1.54, 1.807) is 6.07 Å². The van der Waals surface area contributed by atoms with E-state index in [-0.39, 0.29) is 23.6 Å². The van der Waals surface area contributed by atoms with Crippen LogP contribution in [0.3, 0.4) is 0 Å². The van der Waals surface area contributed by atoms with Gasteiger partial charge in [-0.15, -0.1) is 0 Å². The maximum absolute atomic E-state index is 13.3. The first-order chi connectivity index (χ1) is 9.12. The van der Waals surface area contributed by atoms with Crippen molar-refractivity contribution in [2.24, 2.45) is 5.73 Å². The molecule has 3 nitrogen and oxygen atoms in total. The van der Waals surface area contributed by atoms with Gasteiger partial charge in [-0.1, -0.05) is 6.92 Å². The monoisotopic (exact) mass is 265 g/mol. The Bertz CT molecular complexity index is 479. The molecule has 2 aliphatic heterocycles. The van der Waals surface area contributed by atoms with E-state index in [2.05, 4.69) is 6.92 Å². The van der Waals surface area contributed by atoms with Crippen LogP contribution in [0.5, 0.6) is 5.75 Å². The van der Waals surface area contributed by atoms with E-state index in [9.17, 15) is 4.39 Å². The zero-order chi connectivity index (χ0) is 13.5. The Labute approximate surface area is 112 Å². The normalized spacial score (nSPS) is 33.8. The molecule has 2 N–H and O–H groups in total. The fourth-order valence-electron chi connectivity index (χ4n) is 3.22. The Kier molecular flexibility index (Phi) is 3.23. The average Bonchev–Trinajstić information content (AvgIpc) is 2.40. The molecule has 1 aromatic rings. The first kappa shape index (κ1) is 12.9. The molecule has 1 aromatic carbocycles. The van der Waals surface area contributed by atoms with Gasteiger partial charge in [-0.2, -0.15) is 0 Å². The fraction of sp³-hybridized carbons (Fsp3) is 0.600. The molecule has 4 heteroatoms. The number of fused-ring (bicyclic) bond motifs is 1. The van der Waals surface area contributed by atoms with Crippen LogP contribution in [0.25, 0.3) is 0 Å². The highest BCUT2D eigenvalue weighted by Crippen LogP contribution is 2.44. The van der Waals surface area contributed by atoms with Gasteiger partial charge in [-0.05, 0) is 24.6 Å². The third-order valence-electron chi connectivity index (χ3n) is 4.26. The summed E-state index contributed by atoms with van der Waals surface area (Å²) < 4.78 is 25.2. The Balaban J connectivity index is 1.89. The lowest BCUT2D eigenvalue weighted by Crippen LogP contribution is -2.49. The van der Waals surface area contributed by atoms with Gasteiger partial charge in [0, 0.05) is 30.9 Å². The number of halogens is 1. The fourth-order valence-corrected chi connectivity index (χ4v) is 3.22. The minimum absolute atomic E-state index is 0.157. The van der Waals surface area contributed by atoms with Crippen LogP contribution in [0, 0.1) is 5.82 Å². The summed E-state index contributed by atoms with van der Waals surface area (Å²) in [6.45, 7) is 2.83. The highest BCUT2D eigenvalue weighted by molar-refractivity contribution is 5.39. The van der Waals surface area contributed by atoms with Crippen LogP contribution in [0.4, 0.5) is 4.39 Å². The SMILES string of the molecule is CCC1CC2(CCO1)C[C@H](N)c1cc(F)ccc1O2. The van der Waals surface area contributed by atoms with Gasteiger partial charge in [0.1, 0.15) is 17.2 Å². The van der Waals surface area contributed by atoms with E-state index in [4.69, 9.17) is 15.2 Å². The third kappa shape index (κ3) is 2.35. The molecule has 0 saturated carbocycles. The number of hydrogen-bond acceptors (Lipinski definition) is 3. The van der Waals surface area contributed by atoms with Gasteiger partial charge in [0.15, 0.2) is 0 Å². The molecule has 2 aliphatic rings. The van der Waals surface area contributed by atoms with Crippen molar-refractivity contribution in [3.05, 3.63) is 29.6 Å². The predicted octanol–water partition coefficient (Wildman–Crippen LogP) is 2.94. The van der Waals surface area contributed by atoms with Gasteiger partial charge in [-0.3, -0.25) is 0 Å². The van der Waals surface area contributed by atoms with Crippen molar-refractivity contribution >= 4 is 0 Å². The van der Waals surface area contributed by atoms with Gasteiger partial charge < -0.3 is 15.2 Å². The van der Waals surface area contributed by atoms with E-state index >= 15 is 0 Å². The molecule has 0 bridgehead atoms. The van der Waals surface area contributed by atoms with Gasteiger partial charge in [0.05, 0.1) is 12.7 Å². The summed E-state index contributed by atoms with van der Waals surface area (Å²) in [4.78, 5) is 0. The first-order valence-electron chi connectivity index (χ1n) is 6.97. The molecule has 19 heavy (non-hydrogen) atoms. The lowest BCUT2D eigenvalue weighted by Gasteiger charge is -2.45. The second-order valence-corrected chi connectivity index (χ2v) is 5.63. The van der Waals surface area contributed by atoms with E-state index in [1.165, 1.54) is 12.1 Å². The van der Waals surface area contributed by atoms with Crippen molar-refractivity contribution in [2.45, 2.75) is 50.4 Å². The summed E-state index contributed by atoms with van der Waals surface area (Å²) in [6, 6.07) is 4.46. The van der Waals surface area contributed by atoms with E-state index in [0.717, 1.165) is 37.0 Å². The Morgan fingerprint density at radius 1 is 1.42 bits per heavy atom. The van der Waals surface area contributed by atoms with Crippen LogP contribution >= 0.6 is 0 Å². The van der Waals surface area contributed by atoms with Crippen LogP contribution in [0.1, 0.15) is 44.2 Å². The largest absolute Gasteiger partial charge is 0.487 e. The van der Waals surface area contributed by atoms with Crippen LogP contribution in [-0.4, -0.2) is 18.3 Å². The van der Waals surface area contributed by atoms with E-state index in [1.807, 2.05) is 0 Å². The molecule has 2 unspecified atom stereocenters. The molecular formula is C15H20FNO2. The van der Waals surface area contributed by atoms with Gasteiger partial charge >= 0.3 is 0 Å². The second-order valence-electron chi connectivity index (χ2n) is 5.63. The smallest absolute Gasteiger partial charge is 0.125 e. The number of benzene rings is 1. The molecule has 0 amide bonds. The molecule has 0 aromatic heterocycles. The number of ether oxygens (including phenoxy) is 2. The molecular weight excluding hydrogens is 245 g/mol. The summed E-state index contributed by atoms with van der Waals surface area (Å²) in [7, 11) is 0. The van der Waals surface area contributed by atoms with Gasteiger partial charge in [0.25, 0.3) is 0 Å². The number of rotatable bonds is 1. The van der Waals surface area contributed by atoms with Crippen LogP contribution < -0.4 is 10.5 Å². The van der Waals surface area contributed by atoms with Crippen LogP contribution in [-0.2, 0) is 4.74 Å². The topological polar surface area (TPSA) is 44.5 Å². The standard InChI is InChI=1S/C15H20FNO2/c1-2-11-8-15(5-6-18-11)9-13(17)12-7-10(16)3-4-14(12)19-15/h3-4,7,11,13H,2,5-6,8-9,17H2,1H3/t11?,13-,15?/m0/s1. The second kappa shape index (κ2) is 4.76. The Morgan fingerprint density at radius 3 is 3.05 bits per heavy atom. The summed E-state index contributed by atoms with van der Waals surface area (Å²) in [5.74, 6) is 0.476. The van der Waals surface area contributed by atoms with Gasteiger partial charge in [-0.25, -0.2) is 4.39 Å². The zero-order valence-electron chi connectivity index (χ0n) is 11.2. The summed E-state index contributed by atoms with van der Waals surface area (Å²) in [5, 5.41) is 0. The average molecular weight is 265 g/mol. The summed E-state index contributed by atoms with van der Waals surface area (Å²) in [5.41, 5.74) is 6.77. The van der Waals surface area contributed by atoms with E-state index < -0.39 is 0 Å². The number of hydrogen-bond donors (Lipinski definition) is 1. The Hall–Kier alpha value is -1.13. The van der Waals surface area contributed by atoms with Crippen molar-refractivity contribution in [1.29, 1.82) is 0 Å². The molecule has 1 saturated heterocycles. The van der Waals surface area contributed by atoms with Crippen LogP contribution in [0.15, 0.2) is 18.2 Å². The molecule has 1 spiro atoms. The maximum Gasteiger partial charge on any atom is 0.125 e. The van der Waals surface area contributed by atoms with E-state index in [0.29, 0.717) is 6.61 Å². The quantitative estimate of drug-likeness (QED) is 0.849. The molecule has 3 rings (SSSR count). The molecule has 2 heterocycles. The van der Waals surface area contributed by atoms with Crippen molar-refractivity contribution in [3.63, 3.8) is 0 Å². The lowest BCUT2D eigenvalue weighted by molar-refractivity contribution is -0.102. The third-order valence-corrected chi connectivity index (χ3v) is 4.26. The minimum atomic E-state index is -0.257. The molecule has 3 atom stereocenters. The van der Waals surface area contributed by atoms with Crippen molar-refractivity contribution in [1.82, 2.24) is 0 Å². The maximum atomic E-state index is 13.3. The first-order valence-corrected chi connectivity index (χ1v) is 6.97. The van der Waals surface area contributed by atoms with Crippen molar-refractivity contribution in [2.75, 3.05) is 6.61 Å². The lowest BCUT2D eigenvalue weighted by atomic mass is 9.80. The van der Waals surface area contributed by atoms with Crippen molar-refractivity contribution in [3.8, 4) is 5.75 Å². The van der Waals surface area contributed by atoms with Crippen LogP contribution in [0.2, 0.25) is 0 Å².